The Balaban J connectivity index is 2.99. The Hall–Kier alpha value is -2.06. The van der Waals surface area contributed by atoms with Crippen molar-refractivity contribution >= 4 is 17.7 Å². The Morgan fingerprint density at radius 3 is 2.57 bits per heavy atom. The second kappa shape index (κ2) is 7.09. The Kier molecular flexibility index (Phi) is 5.74. The molecule has 9 heteroatoms. The highest BCUT2D eigenvalue weighted by Gasteiger charge is 2.34. The summed E-state index contributed by atoms with van der Waals surface area (Å²) in [6, 6.07) is 0.866. The lowest BCUT2D eigenvalue weighted by atomic mass is 10.3. The molecule has 6 nitrogen and oxygen atoms in total. The van der Waals surface area contributed by atoms with E-state index in [9.17, 15) is 18.0 Å². The van der Waals surface area contributed by atoms with E-state index in [1.165, 1.54) is 11.9 Å². The van der Waals surface area contributed by atoms with E-state index in [1.54, 1.807) is 14.0 Å². The van der Waals surface area contributed by atoms with Crippen LogP contribution >= 0.6 is 0 Å². The number of carbonyl (C=O) groups excluding carboxylic acids is 1. The van der Waals surface area contributed by atoms with Crippen LogP contribution in [0.3, 0.4) is 0 Å². The third kappa shape index (κ3) is 5.09. The van der Waals surface area contributed by atoms with E-state index >= 15 is 0 Å². The van der Waals surface area contributed by atoms with Crippen LogP contribution in [0.15, 0.2) is 6.07 Å². The SMILES string of the molecule is CCNc1nc(N(C)CCC(=O)NC)cc(C(F)(F)F)n1. The van der Waals surface area contributed by atoms with E-state index in [-0.39, 0.29) is 30.6 Å². The van der Waals surface area contributed by atoms with Crippen LogP contribution in [0.1, 0.15) is 19.0 Å². The number of rotatable bonds is 6. The van der Waals surface area contributed by atoms with Gasteiger partial charge in [-0.15, -0.1) is 0 Å². The smallest absolute Gasteiger partial charge is 0.359 e. The number of nitrogens with one attached hydrogen (secondary N) is 2. The topological polar surface area (TPSA) is 70.2 Å². The number of aromatic nitrogens is 2. The minimum Gasteiger partial charge on any atom is -0.359 e. The molecule has 0 radical (unpaired) electrons. The van der Waals surface area contributed by atoms with Crippen molar-refractivity contribution in [3.05, 3.63) is 11.8 Å². The van der Waals surface area contributed by atoms with Gasteiger partial charge in [-0.2, -0.15) is 18.2 Å². The summed E-state index contributed by atoms with van der Waals surface area (Å²) in [5.74, 6) is -0.176. The molecule has 1 amide bonds. The fraction of sp³-hybridized carbons (Fsp3) is 0.583. The van der Waals surface area contributed by atoms with Crippen LogP contribution in [0.2, 0.25) is 0 Å². The number of hydrogen-bond donors (Lipinski definition) is 2. The van der Waals surface area contributed by atoms with E-state index in [0.29, 0.717) is 6.54 Å². The Morgan fingerprint density at radius 2 is 2.05 bits per heavy atom. The lowest BCUT2D eigenvalue weighted by molar-refractivity contribution is -0.141. The van der Waals surface area contributed by atoms with Gasteiger partial charge in [-0.1, -0.05) is 0 Å². The van der Waals surface area contributed by atoms with Crippen LogP contribution in [0.4, 0.5) is 24.9 Å². The van der Waals surface area contributed by atoms with Crippen LogP contribution in [-0.2, 0) is 11.0 Å². The molecule has 1 aromatic rings. The van der Waals surface area contributed by atoms with Crippen LogP contribution < -0.4 is 15.5 Å². The molecule has 0 fully saturated rings. The fourth-order valence-corrected chi connectivity index (χ4v) is 1.52. The van der Waals surface area contributed by atoms with Crippen LogP contribution in [-0.4, -0.2) is 43.1 Å². The zero-order valence-electron chi connectivity index (χ0n) is 12.1. The number of amides is 1. The van der Waals surface area contributed by atoms with Gasteiger partial charge < -0.3 is 15.5 Å². The molecule has 1 aromatic heterocycles. The average molecular weight is 305 g/mol. The molecule has 21 heavy (non-hydrogen) atoms. The van der Waals surface area contributed by atoms with E-state index in [0.717, 1.165) is 6.07 Å². The van der Waals surface area contributed by atoms with Gasteiger partial charge in [0.1, 0.15) is 5.82 Å². The number of nitrogens with zero attached hydrogens (tertiary/aromatic N) is 3. The summed E-state index contributed by atoms with van der Waals surface area (Å²) >= 11 is 0. The van der Waals surface area contributed by atoms with Crippen molar-refractivity contribution in [2.75, 3.05) is 37.4 Å². The molecule has 1 rings (SSSR count). The Labute approximate surface area is 120 Å². The number of anilines is 2. The largest absolute Gasteiger partial charge is 0.433 e. The molecule has 0 bridgehead atoms. The molecule has 0 spiro atoms. The first-order chi connectivity index (χ1) is 9.77. The number of halogens is 3. The van der Waals surface area contributed by atoms with E-state index in [2.05, 4.69) is 20.6 Å². The van der Waals surface area contributed by atoms with Gasteiger partial charge in [-0.25, -0.2) is 4.98 Å². The van der Waals surface area contributed by atoms with Crippen LogP contribution in [0.5, 0.6) is 0 Å². The minimum atomic E-state index is -4.55. The number of hydrogen-bond acceptors (Lipinski definition) is 5. The molecular weight excluding hydrogens is 287 g/mol. The predicted octanol–water partition coefficient (Wildman–Crippen LogP) is 1.50. The zero-order valence-corrected chi connectivity index (χ0v) is 12.1. The molecule has 0 aliphatic rings. The molecule has 0 unspecified atom stereocenters. The van der Waals surface area contributed by atoms with Crippen molar-refractivity contribution in [3.63, 3.8) is 0 Å². The maximum atomic E-state index is 12.8. The van der Waals surface area contributed by atoms with Crippen molar-refractivity contribution in [2.45, 2.75) is 19.5 Å². The van der Waals surface area contributed by atoms with Crippen molar-refractivity contribution in [2.24, 2.45) is 0 Å². The first-order valence-electron chi connectivity index (χ1n) is 6.39. The third-order valence-corrected chi connectivity index (χ3v) is 2.68. The van der Waals surface area contributed by atoms with Gasteiger partial charge in [-0.05, 0) is 6.92 Å². The van der Waals surface area contributed by atoms with Crippen molar-refractivity contribution in [1.82, 2.24) is 15.3 Å². The Bertz CT molecular complexity index is 492. The van der Waals surface area contributed by atoms with Gasteiger partial charge in [0.15, 0.2) is 5.69 Å². The lowest BCUT2D eigenvalue weighted by Crippen LogP contribution is -2.27. The van der Waals surface area contributed by atoms with Gasteiger partial charge in [0, 0.05) is 39.7 Å². The van der Waals surface area contributed by atoms with Gasteiger partial charge in [0.25, 0.3) is 0 Å². The molecule has 2 N–H and O–H groups in total. The molecule has 1 heterocycles. The average Bonchev–Trinajstić information content (AvgIpc) is 2.43. The van der Waals surface area contributed by atoms with Gasteiger partial charge >= 0.3 is 6.18 Å². The van der Waals surface area contributed by atoms with E-state index < -0.39 is 11.9 Å². The van der Waals surface area contributed by atoms with Crippen LogP contribution in [0.25, 0.3) is 0 Å². The molecule has 0 aliphatic carbocycles. The van der Waals surface area contributed by atoms with Crippen molar-refractivity contribution < 1.29 is 18.0 Å². The van der Waals surface area contributed by atoms with E-state index in [4.69, 9.17) is 0 Å². The first-order valence-corrected chi connectivity index (χ1v) is 6.39. The molecule has 0 atom stereocenters. The quantitative estimate of drug-likeness (QED) is 0.833. The lowest BCUT2D eigenvalue weighted by Gasteiger charge is -2.19. The van der Waals surface area contributed by atoms with Crippen LogP contribution in [0, 0.1) is 0 Å². The summed E-state index contributed by atoms with van der Waals surface area (Å²) in [5.41, 5.74) is -1.02. The monoisotopic (exact) mass is 305 g/mol. The number of alkyl halides is 3. The second-order valence-corrected chi connectivity index (χ2v) is 4.31. The molecule has 0 saturated carbocycles. The second-order valence-electron chi connectivity index (χ2n) is 4.31. The summed E-state index contributed by atoms with van der Waals surface area (Å²) in [4.78, 5) is 20.1. The standard InChI is InChI=1S/C12H18F3N5O/c1-4-17-11-18-8(12(13,14)15)7-9(19-11)20(3)6-5-10(21)16-2/h7H,4-6H2,1-3H3,(H,16,21)(H,17,18,19). The summed E-state index contributed by atoms with van der Waals surface area (Å²) in [5, 5.41) is 5.11. The molecule has 0 saturated heterocycles. The first kappa shape index (κ1) is 17.0. The predicted molar refractivity (Wildman–Crippen MR) is 73.2 cm³/mol. The maximum absolute atomic E-state index is 12.8. The highest BCUT2D eigenvalue weighted by atomic mass is 19.4. The van der Waals surface area contributed by atoms with Crippen molar-refractivity contribution in [3.8, 4) is 0 Å². The summed E-state index contributed by atoms with van der Waals surface area (Å²) in [6.45, 7) is 2.39. The maximum Gasteiger partial charge on any atom is 0.433 e. The highest BCUT2D eigenvalue weighted by Crippen LogP contribution is 2.30. The fourth-order valence-electron chi connectivity index (χ4n) is 1.52. The molecule has 0 aliphatic heterocycles. The summed E-state index contributed by atoms with van der Waals surface area (Å²) in [6.07, 6.45) is -4.39. The van der Waals surface area contributed by atoms with Crippen molar-refractivity contribution in [1.29, 1.82) is 0 Å². The number of carbonyl (C=O) groups is 1. The normalized spacial score (nSPS) is 11.1. The Morgan fingerprint density at radius 1 is 1.38 bits per heavy atom. The molecule has 118 valence electrons. The van der Waals surface area contributed by atoms with Gasteiger partial charge in [0.2, 0.25) is 11.9 Å². The van der Waals surface area contributed by atoms with Gasteiger partial charge in [-0.3, -0.25) is 4.79 Å². The molecule has 0 aromatic carbocycles. The summed E-state index contributed by atoms with van der Waals surface area (Å²) < 4.78 is 38.5. The zero-order chi connectivity index (χ0) is 16.0. The summed E-state index contributed by atoms with van der Waals surface area (Å²) in [7, 11) is 3.07. The highest BCUT2D eigenvalue weighted by molar-refractivity contribution is 5.76. The van der Waals surface area contributed by atoms with E-state index in [1.807, 2.05) is 0 Å². The third-order valence-electron chi connectivity index (χ3n) is 2.68. The van der Waals surface area contributed by atoms with Gasteiger partial charge in [0.05, 0.1) is 0 Å². The molecular formula is C12H18F3N5O. The minimum absolute atomic E-state index is 0.0888.